The van der Waals surface area contributed by atoms with Crippen molar-refractivity contribution < 1.29 is 18.7 Å². The summed E-state index contributed by atoms with van der Waals surface area (Å²) in [5.41, 5.74) is -1.99. The van der Waals surface area contributed by atoms with Gasteiger partial charge in [-0.15, -0.1) is 12.8 Å². The minimum Gasteiger partial charge on any atom is -0.391 e. The molecular weight excluding hydrogens is 333 g/mol. The Morgan fingerprint density at radius 1 is 1.42 bits per heavy atom. The number of carbonyl (C=O) groups is 1. The minimum atomic E-state index is -2.83. The van der Waals surface area contributed by atoms with Crippen LogP contribution in [0.5, 0.6) is 0 Å². The predicted molar refractivity (Wildman–Crippen MR) is 95.6 cm³/mol. The summed E-state index contributed by atoms with van der Waals surface area (Å²) in [5.74, 6) is -0.847. The van der Waals surface area contributed by atoms with Crippen LogP contribution in [0.3, 0.4) is 0 Å². The standard InChI is InChI=1S/C8H10F2NP.C7H11NO2.C2H2/c1-11-7-4-2-6(3-5-7)8(9,10)12;1-2-3-7(10)6(4-8)5-9;1-2/h2-5,11H,12H2,1H3;5-7,10H,2-3H2,1H3;1-2H. The number of aliphatic hydroxyl groups is 1. The van der Waals surface area contributed by atoms with Gasteiger partial charge in [0.1, 0.15) is 12.2 Å². The molecule has 0 aliphatic carbocycles. The molecule has 0 aliphatic heterocycles. The van der Waals surface area contributed by atoms with Crippen LogP contribution in [0.25, 0.3) is 0 Å². The van der Waals surface area contributed by atoms with Crippen LogP contribution in [0.15, 0.2) is 24.3 Å². The van der Waals surface area contributed by atoms with Crippen LogP contribution in [-0.4, -0.2) is 24.5 Å². The summed E-state index contributed by atoms with van der Waals surface area (Å²) in [6, 6.07) is 7.76. The Morgan fingerprint density at radius 3 is 2.21 bits per heavy atom. The van der Waals surface area contributed by atoms with Gasteiger partial charge in [0.25, 0.3) is 5.66 Å². The molecule has 4 nitrogen and oxygen atoms in total. The summed E-state index contributed by atoms with van der Waals surface area (Å²) >= 11 is 0. The van der Waals surface area contributed by atoms with E-state index in [1.54, 1.807) is 25.2 Å². The molecule has 3 atom stereocenters. The smallest absolute Gasteiger partial charge is 0.283 e. The Bertz CT molecular complexity index is 522. The zero-order chi connectivity index (χ0) is 19.2. The number of hydrogen-bond donors (Lipinski definition) is 2. The van der Waals surface area contributed by atoms with Gasteiger partial charge in [-0.2, -0.15) is 14.0 Å². The number of anilines is 1. The number of halogens is 2. The molecule has 24 heavy (non-hydrogen) atoms. The molecule has 2 N–H and O–H groups in total. The van der Waals surface area contributed by atoms with Crippen molar-refractivity contribution in [2.45, 2.75) is 31.5 Å². The zero-order valence-corrected chi connectivity index (χ0v) is 14.9. The molecule has 0 aromatic heterocycles. The van der Waals surface area contributed by atoms with Crippen LogP contribution in [0.2, 0.25) is 0 Å². The second-order valence-electron chi connectivity index (χ2n) is 4.60. The van der Waals surface area contributed by atoms with Crippen molar-refractivity contribution in [1.82, 2.24) is 0 Å². The van der Waals surface area contributed by atoms with Crippen molar-refractivity contribution in [3.8, 4) is 18.9 Å². The maximum absolute atomic E-state index is 12.6. The van der Waals surface area contributed by atoms with E-state index in [4.69, 9.17) is 10.4 Å². The fourth-order valence-corrected chi connectivity index (χ4v) is 1.73. The monoisotopic (exact) mass is 356 g/mol. The SMILES string of the molecule is C#C.CCCC(O)C(C#N)C=O.CNc1ccc(C(F)(F)P)cc1. The molecule has 0 radical (unpaired) electrons. The Balaban J connectivity index is 0. The average molecular weight is 356 g/mol. The van der Waals surface area contributed by atoms with Gasteiger partial charge >= 0.3 is 0 Å². The molecule has 0 saturated heterocycles. The highest BCUT2D eigenvalue weighted by Crippen LogP contribution is 2.34. The lowest BCUT2D eigenvalue weighted by molar-refractivity contribution is -0.112. The van der Waals surface area contributed by atoms with Crippen molar-refractivity contribution in [3.05, 3.63) is 29.8 Å². The summed E-state index contributed by atoms with van der Waals surface area (Å²) < 4.78 is 25.3. The highest BCUT2D eigenvalue weighted by molar-refractivity contribution is 7.17. The minimum absolute atomic E-state index is 0.00602. The molecule has 1 aromatic carbocycles. The van der Waals surface area contributed by atoms with E-state index in [1.165, 1.54) is 21.4 Å². The lowest BCUT2D eigenvalue weighted by atomic mass is 10.0. The van der Waals surface area contributed by atoms with E-state index in [0.717, 1.165) is 12.1 Å². The van der Waals surface area contributed by atoms with Gasteiger partial charge < -0.3 is 15.2 Å². The van der Waals surface area contributed by atoms with E-state index in [2.05, 4.69) is 18.2 Å². The highest BCUT2D eigenvalue weighted by atomic mass is 31.0. The quantitative estimate of drug-likeness (QED) is 0.466. The molecule has 0 fully saturated rings. The lowest BCUT2D eigenvalue weighted by Gasteiger charge is -2.10. The molecule has 1 rings (SSSR count). The van der Waals surface area contributed by atoms with Crippen molar-refractivity contribution >= 4 is 21.2 Å². The topological polar surface area (TPSA) is 73.1 Å². The number of carbonyl (C=O) groups excluding carboxylic acids is 1. The summed E-state index contributed by atoms with van der Waals surface area (Å²) in [6.07, 6.45) is 9.00. The summed E-state index contributed by atoms with van der Waals surface area (Å²) in [4.78, 5) is 10.1. The first-order valence-electron chi connectivity index (χ1n) is 7.11. The van der Waals surface area contributed by atoms with Crippen molar-refractivity contribution in [3.63, 3.8) is 0 Å². The van der Waals surface area contributed by atoms with Gasteiger partial charge in [0.05, 0.1) is 12.2 Å². The van der Waals surface area contributed by atoms with Gasteiger partial charge in [0.2, 0.25) is 0 Å². The van der Waals surface area contributed by atoms with Crippen LogP contribution < -0.4 is 5.32 Å². The molecule has 0 aliphatic rings. The molecule has 0 heterocycles. The van der Waals surface area contributed by atoms with Crippen LogP contribution >= 0.6 is 9.24 Å². The molecule has 7 heteroatoms. The predicted octanol–water partition coefficient (Wildman–Crippen LogP) is 3.39. The van der Waals surface area contributed by atoms with Crippen molar-refractivity contribution in [2.24, 2.45) is 5.92 Å². The first kappa shape index (κ1) is 24.2. The zero-order valence-electron chi connectivity index (χ0n) is 13.7. The van der Waals surface area contributed by atoms with Crippen LogP contribution in [0, 0.1) is 30.1 Å². The first-order chi connectivity index (χ1) is 11.3. The van der Waals surface area contributed by atoms with Crippen LogP contribution in [0.1, 0.15) is 25.3 Å². The summed E-state index contributed by atoms with van der Waals surface area (Å²) in [5, 5.41) is 20.2. The normalized spacial score (nSPS) is 12.1. The summed E-state index contributed by atoms with van der Waals surface area (Å²) in [6.45, 7) is 1.89. The van der Waals surface area contributed by atoms with Crippen LogP contribution in [-0.2, 0) is 10.5 Å². The van der Waals surface area contributed by atoms with Gasteiger partial charge in [0, 0.05) is 18.3 Å². The largest absolute Gasteiger partial charge is 0.391 e. The number of rotatable bonds is 6. The second kappa shape index (κ2) is 13.4. The number of aldehydes is 1. The number of alkyl halides is 2. The maximum atomic E-state index is 12.6. The van der Waals surface area contributed by atoms with Crippen molar-refractivity contribution in [2.75, 3.05) is 12.4 Å². The van der Waals surface area contributed by atoms with Gasteiger partial charge in [-0.05, 0) is 18.6 Å². The van der Waals surface area contributed by atoms with Gasteiger partial charge in [-0.25, -0.2) is 0 Å². The number of terminal acetylenes is 1. The average Bonchev–Trinajstić information content (AvgIpc) is 2.58. The Labute approximate surface area is 144 Å². The van der Waals surface area contributed by atoms with Crippen molar-refractivity contribution in [1.29, 1.82) is 5.26 Å². The molecule has 0 amide bonds. The van der Waals surface area contributed by atoms with Gasteiger partial charge in [-0.1, -0.05) is 34.7 Å². The fraction of sp³-hybridized carbons (Fsp3) is 0.412. The number of nitriles is 1. The molecular formula is C17H23F2N2O2P. The molecule has 1 aromatic rings. The molecule has 132 valence electrons. The lowest BCUT2D eigenvalue weighted by Crippen LogP contribution is -2.19. The van der Waals surface area contributed by atoms with Gasteiger partial charge in [-0.3, -0.25) is 0 Å². The number of aliphatic hydroxyl groups excluding tert-OH is 1. The Hall–Kier alpha value is -2.01. The fourth-order valence-electron chi connectivity index (χ4n) is 1.54. The number of benzene rings is 1. The van der Waals surface area contributed by atoms with E-state index in [9.17, 15) is 13.6 Å². The van der Waals surface area contributed by atoms with Gasteiger partial charge in [0.15, 0.2) is 0 Å². The molecule has 0 spiro atoms. The Kier molecular flexibility index (Phi) is 13.6. The van der Waals surface area contributed by atoms with Crippen LogP contribution in [0.4, 0.5) is 14.5 Å². The second-order valence-corrected chi connectivity index (χ2v) is 5.32. The van der Waals surface area contributed by atoms with E-state index in [1.807, 2.05) is 6.92 Å². The number of nitrogens with zero attached hydrogens (tertiary/aromatic N) is 1. The third-order valence-corrected chi connectivity index (χ3v) is 3.19. The number of hydrogen-bond acceptors (Lipinski definition) is 4. The third kappa shape index (κ3) is 9.90. The highest BCUT2D eigenvalue weighted by Gasteiger charge is 2.23. The first-order valence-corrected chi connectivity index (χ1v) is 7.69. The van der Waals surface area contributed by atoms with E-state index < -0.39 is 17.7 Å². The Morgan fingerprint density at radius 2 is 1.92 bits per heavy atom. The third-order valence-electron chi connectivity index (χ3n) is 2.85. The van der Waals surface area contributed by atoms with E-state index in [-0.39, 0.29) is 5.56 Å². The molecule has 3 unspecified atom stereocenters. The molecule has 0 saturated carbocycles. The van der Waals surface area contributed by atoms with E-state index in [0.29, 0.717) is 12.7 Å². The van der Waals surface area contributed by atoms with E-state index >= 15 is 0 Å². The summed E-state index contributed by atoms with van der Waals surface area (Å²) in [7, 11) is 3.25. The molecule has 0 bridgehead atoms. The maximum Gasteiger partial charge on any atom is 0.283 e. The number of nitrogens with one attached hydrogen (secondary N) is 1.